The first-order valence-electron chi connectivity index (χ1n) is 8.50. The Morgan fingerprint density at radius 2 is 1.90 bits per heavy atom. The Hall–Kier alpha value is -0.900. The van der Waals surface area contributed by atoms with Gasteiger partial charge in [-0.2, -0.15) is 0 Å². The molecule has 0 spiro atoms. The van der Waals surface area contributed by atoms with E-state index in [2.05, 4.69) is 16.7 Å². The van der Waals surface area contributed by atoms with Crippen molar-refractivity contribution in [2.24, 2.45) is 0 Å². The minimum atomic E-state index is -0.371. The zero-order valence-electron chi connectivity index (χ0n) is 13.1. The molecule has 3 rings (SSSR count). The quantitative estimate of drug-likeness (QED) is 0.923. The van der Waals surface area contributed by atoms with E-state index in [0.29, 0.717) is 6.04 Å². The summed E-state index contributed by atoms with van der Waals surface area (Å²) >= 11 is 0. The van der Waals surface area contributed by atoms with Crippen LogP contribution in [0.5, 0.6) is 0 Å². The molecule has 3 atom stereocenters. The molecule has 2 fully saturated rings. The standard InChI is InChI=1S/C18H28N2O/c1-2-17(18(21)15-8-4-3-5-9-15)20-13-7-12-19-11-6-10-16(19)14-20/h3-5,8-9,16-18,21H,2,6-7,10-14H2,1H3. The Morgan fingerprint density at radius 1 is 1.14 bits per heavy atom. The molecule has 2 aliphatic rings. The summed E-state index contributed by atoms with van der Waals surface area (Å²) in [5, 5.41) is 10.8. The summed E-state index contributed by atoms with van der Waals surface area (Å²) in [5.74, 6) is 0. The number of hydrogen-bond acceptors (Lipinski definition) is 3. The second-order valence-electron chi connectivity index (χ2n) is 6.51. The van der Waals surface area contributed by atoms with Gasteiger partial charge in [-0.05, 0) is 50.9 Å². The van der Waals surface area contributed by atoms with Crippen LogP contribution in [0.15, 0.2) is 30.3 Å². The predicted molar refractivity (Wildman–Crippen MR) is 86.3 cm³/mol. The molecule has 2 saturated heterocycles. The molecule has 1 N–H and O–H groups in total. The predicted octanol–water partition coefficient (Wildman–Crippen LogP) is 2.67. The third-order valence-electron chi connectivity index (χ3n) is 5.23. The van der Waals surface area contributed by atoms with Gasteiger partial charge in [-0.25, -0.2) is 0 Å². The molecule has 0 amide bonds. The molecular weight excluding hydrogens is 260 g/mol. The first-order valence-corrected chi connectivity index (χ1v) is 8.50. The van der Waals surface area contributed by atoms with E-state index in [9.17, 15) is 5.11 Å². The summed E-state index contributed by atoms with van der Waals surface area (Å²) in [5.41, 5.74) is 1.05. The molecule has 0 radical (unpaired) electrons. The Bertz CT molecular complexity index is 436. The van der Waals surface area contributed by atoms with Gasteiger partial charge in [-0.15, -0.1) is 0 Å². The van der Waals surface area contributed by atoms with Crippen molar-refractivity contribution < 1.29 is 5.11 Å². The van der Waals surface area contributed by atoms with Crippen LogP contribution in [0, 0.1) is 0 Å². The van der Waals surface area contributed by atoms with Crippen molar-refractivity contribution in [3.05, 3.63) is 35.9 Å². The largest absolute Gasteiger partial charge is 0.387 e. The van der Waals surface area contributed by atoms with Crippen LogP contribution in [0.1, 0.15) is 44.3 Å². The number of aliphatic hydroxyl groups is 1. The molecule has 0 aromatic heterocycles. The van der Waals surface area contributed by atoms with E-state index in [1.54, 1.807) is 0 Å². The summed E-state index contributed by atoms with van der Waals surface area (Å²) < 4.78 is 0. The monoisotopic (exact) mass is 288 g/mol. The van der Waals surface area contributed by atoms with Crippen LogP contribution >= 0.6 is 0 Å². The third-order valence-corrected chi connectivity index (χ3v) is 5.23. The molecule has 0 saturated carbocycles. The van der Waals surface area contributed by atoms with Crippen molar-refractivity contribution in [3.8, 4) is 0 Å². The number of rotatable bonds is 4. The number of hydrogen-bond donors (Lipinski definition) is 1. The maximum atomic E-state index is 10.8. The van der Waals surface area contributed by atoms with Crippen molar-refractivity contribution in [2.75, 3.05) is 26.2 Å². The number of benzene rings is 1. The normalized spacial score (nSPS) is 27.0. The Labute approximate surface area is 128 Å². The van der Waals surface area contributed by atoms with Crippen LogP contribution in [0.3, 0.4) is 0 Å². The van der Waals surface area contributed by atoms with Gasteiger partial charge < -0.3 is 5.11 Å². The van der Waals surface area contributed by atoms with E-state index in [0.717, 1.165) is 25.1 Å². The van der Waals surface area contributed by atoms with Crippen LogP contribution in [0.25, 0.3) is 0 Å². The first-order chi connectivity index (χ1) is 10.3. The van der Waals surface area contributed by atoms with Crippen LogP contribution in [0.2, 0.25) is 0 Å². The van der Waals surface area contributed by atoms with E-state index >= 15 is 0 Å². The Balaban J connectivity index is 1.72. The first kappa shape index (κ1) is 15.0. The fraction of sp³-hybridized carbons (Fsp3) is 0.667. The van der Waals surface area contributed by atoms with Gasteiger partial charge >= 0.3 is 0 Å². The highest BCUT2D eigenvalue weighted by Crippen LogP contribution is 2.28. The lowest BCUT2D eigenvalue weighted by Gasteiger charge is -2.35. The minimum Gasteiger partial charge on any atom is -0.387 e. The highest BCUT2D eigenvalue weighted by molar-refractivity contribution is 5.19. The molecule has 21 heavy (non-hydrogen) atoms. The third kappa shape index (κ3) is 3.31. The molecule has 0 bridgehead atoms. The minimum absolute atomic E-state index is 0.243. The van der Waals surface area contributed by atoms with Gasteiger partial charge in [0.15, 0.2) is 0 Å². The van der Waals surface area contributed by atoms with E-state index in [4.69, 9.17) is 0 Å². The van der Waals surface area contributed by atoms with E-state index in [-0.39, 0.29) is 12.1 Å². The highest BCUT2D eigenvalue weighted by atomic mass is 16.3. The smallest absolute Gasteiger partial charge is 0.0945 e. The zero-order valence-corrected chi connectivity index (χ0v) is 13.1. The van der Waals surface area contributed by atoms with Gasteiger partial charge in [0.05, 0.1) is 6.10 Å². The molecule has 3 nitrogen and oxygen atoms in total. The van der Waals surface area contributed by atoms with Gasteiger partial charge in [-0.1, -0.05) is 37.3 Å². The van der Waals surface area contributed by atoms with Crippen molar-refractivity contribution in [1.82, 2.24) is 9.80 Å². The lowest BCUT2D eigenvalue weighted by atomic mass is 9.98. The van der Waals surface area contributed by atoms with Gasteiger partial charge in [-0.3, -0.25) is 9.80 Å². The SMILES string of the molecule is CCC(C(O)c1ccccc1)N1CCCN2CCCC2C1. The van der Waals surface area contributed by atoms with Crippen molar-refractivity contribution in [3.63, 3.8) is 0 Å². The van der Waals surface area contributed by atoms with E-state index in [1.165, 1.54) is 32.4 Å². The molecule has 3 unspecified atom stereocenters. The average Bonchev–Trinajstić information content (AvgIpc) is 2.87. The van der Waals surface area contributed by atoms with Gasteiger partial charge in [0.2, 0.25) is 0 Å². The molecular formula is C18H28N2O. The topological polar surface area (TPSA) is 26.7 Å². The number of nitrogens with zero attached hydrogens (tertiary/aromatic N) is 2. The highest BCUT2D eigenvalue weighted by Gasteiger charge is 2.33. The average molecular weight is 288 g/mol. The lowest BCUT2D eigenvalue weighted by molar-refractivity contribution is 0.0418. The van der Waals surface area contributed by atoms with Crippen molar-refractivity contribution in [1.29, 1.82) is 0 Å². The fourth-order valence-corrected chi connectivity index (χ4v) is 4.09. The molecule has 116 valence electrons. The van der Waals surface area contributed by atoms with Crippen LogP contribution in [0.4, 0.5) is 0 Å². The summed E-state index contributed by atoms with van der Waals surface area (Å²) in [7, 11) is 0. The fourth-order valence-electron chi connectivity index (χ4n) is 4.09. The molecule has 2 aliphatic heterocycles. The Kier molecular flexibility index (Phi) is 4.94. The Morgan fingerprint density at radius 3 is 2.67 bits per heavy atom. The number of aliphatic hydroxyl groups excluding tert-OH is 1. The maximum Gasteiger partial charge on any atom is 0.0945 e. The summed E-state index contributed by atoms with van der Waals surface area (Å²) in [6.45, 7) is 6.96. The van der Waals surface area contributed by atoms with Crippen LogP contribution < -0.4 is 0 Å². The second-order valence-corrected chi connectivity index (χ2v) is 6.51. The van der Waals surface area contributed by atoms with Crippen LogP contribution in [-0.4, -0.2) is 53.2 Å². The summed E-state index contributed by atoms with van der Waals surface area (Å²) in [4.78, 5) is 5.20. The van der Waals surface area contributed by atoms with Gasteiger partial charge in [0.25, 0.3) is 0 Å². The summed E-state index contributed by atoms with van der Waals surface area (Å²) in [6, 6.07) is 11.1. The van der Waals surface area contributed by atoms with Gasteiger partial charge in [0.1, 0.15) is 0 Å². The second kappa shape index (κ2) is 6.91. The van der Waals surface area contributed by atoms with E-state index in [1.807, 2.05) is 30.3 Å². The molecule has 1 aromatic carbocycles. The summed E-state index contributed by atoms with van der Waals surface area (Å²) in [6.07, 6.45) is 4.53. The van der Waals surface area contributed by atoms with Crippen molar-refractivity contribution >= 4 is 0 Å². The molecule has 3 heteroatoms. The molecule has 2 heterocycles. The lowest BCUT2D eigenvalue weighted by Crippen LogP contribution is -2.44. The van der Waals surface area contributed by atoms with E-state index < -0.39 is 0 Å². The van der Waals surface area contributed by atoms with Crippen LogP contribution in [-0.2, 0) is 0 Å². The van der Waals surface area contributed by atoms with Gasteiger partial charge in [0, 0.05) is 18.6 Å². The zero-order chi connectivity index (χ0) is 14.7. The molecule has 1 aromatic rings. The molecule has 0 aliphatic carbocycles. The number of fused-ring (bicyclic) bond motifs is 1. The van der Waals surface area contributed by atoms with Crippen molar-refractivity contribution in [2.45, 2.75) is 50.8 Å². The maximum absolute atomic E-state index is 10.8.